The van der Waals surface area contributed by atoms with Gasteiger partial charge in [0, 0.05) is 29.3 Å². The number of anilines is 2. The van der Waals surface area contributed by atoms with Gasteiger partial charge in [0.15, 0.2) is 0 Å². The lowest BCUT2D eigenvalue weighted by molar-refractivity contribution is -0.116. The molecule has 0 bridgehead atoms. The topological polar surface area (TPSA) is 92.8 Å². The van der Waals surface area contributed by atoms with Gasteiger partial charge in [0.05, 0.1) is 22.8 Å². The number of hydrogen-bond acceptors (Lipinski definition) is 6. The Morgan fingerprint density at radius 3 is 2.52 bits per heavy atom. The van der Waals surface area contributed by atoms with Gasteiger partial charge in [0.1, 0.15) is 0 Å². The van der Waals surface area contributed by atoms with Crippen LogP contribution in [-0.4, -0.2) is 38.7 Å². The minimum absolute atomic E-state index is 0.0752. The second-order valence-electron chi connectivity index (χ2n) is 6.59. The molecule has 1 unspecified atom stereocenters. The zero-order valence-corrected chi connectivity index (χ0v) is 18.0. The summed E-state index contributed by atoms with van der Waals surface area (Å²) >= 11 is 1.54. The van der Waals surface area contributed by atoms with Crippen LogP contribution >= 0.6 is 11.8 Å². The first-order valence-electron chi connectivity index (χ1n) is 9.10. The largest absolute Gasteiger partial charge is 0.462 e. The number of carbonyl (C=O) groups excluding carboxylic acids is 2. The van der Waals surface area contributed by atoms with Crippen molar-refractivity contribution in [2.24, 2.45) is 0 Å². The van der Waals surface area contributed by atoms with Crippen LogP contribution in [0.5, 0.6) is 0 Å². The molecule has 154 valence electrons. The first-order chi connectivity index (χ1) is 13.7. The van der Waals surface area contributed by atoms with E-state index in [4.69, 9.17) is 4.74 Å². The van der Waals surface area contributed by atoms with Crippen LogP contribution in [0.25, 0.3) is 0 Å². The van der Waals surface area contributed by atoms with Crippen LogP contribution in [0.1, 0.15) is 31.1 Å². The highest BCUT2D eigenvalue weighted by atomic mass is 32.2. The molecule has 0 fully saturated rings. The van der Waals surface area contributed by atoms with Crippen LogP contribution < -0.4 is 9.62 Å². The summed E-state index contributed by atoms with van der Waals surface area (Å²) in [6, 6.07) is 10.8. The van der Waals surface area contributed by atoms with Crippen LogP contribution in [0.3, 0.4) is 0 Å². The maximum atomic E-state index is 12.8. The lowest BCUT2D eigenvalue weighted by Crippen LogP contribution is -2.37. The Hall–Kier alpha value is -2.52. The van der Waals surface area contributed by atoms with E-state index in [9.17, 15) is 18.0 Å². The minimum atomic E-state index is -3.83. The third-order valence-electron chi connectivity index (χ3n) is 4.33. The van der Waals surface area contributed by atoms with Gasteiger partial charge < -0.3 is 9.64 Å². The highest BCUT2D eigenvalue weighted by molar-refractivity contribution is 8.00. The van der Waals surface area contributed by atoms with Gasteiger partial charge in [-0.25, -0.2) is 13.2 Å². The van der Waals surface area contributed by atoms with Crippen molar-refractivity contribution in [3.63, 3.8) is 0 Å². The molecule has 0 saturated heterocycles. The number of nitrogens with one attached hydrogen (secondary N) is 1. The van der Waals surface area contributed by atoms with Gasteiger partial charge in [-0.1, -0.05) is 6.92 Å². The lowest BCUT2D eigenvalue weighted by atomic mass is 10.2. The van der Waals surface area contributed by atoms with Crippen LogP contribution in [0.15, 0.2) is 52.3 Å². The molecule has 2 aromatic rings. The average Bonchev–Trinajstić information content (AvgIpc) is 2.67. The molecule has 29 heavy (non-hydrogen) atoms. The van der Waals surface area contributed by atoms with Crippen LogP contribution in [-0.2, 0) is 19.6 Å². The van der Waals surface area contributed by atoms with Gasteiger partial charge in [0.25, 0.3) is 10.0 Å². The molecular weight excluding hydrogens is 412 g/mol. The van der Waals surface area contributed by atoms with Gasteiger partial charge in [-0.3, -0.25) is 9.52 Å². The quantitative estimate of drug-likeness (QED) is 0.724. The molecule has 0 aliphatic carbocycles. The summed E-state index contributed by atoms with van der Waals surface area (Å²) in [7, 11) is -3.83. The molecular formula is C20H22N2O5S2. The van der Waals surface area contributed by atoms with Crippen molar-refractivity contribution < 1.29 is 22.7 Å². The van der Waals surface area contributed by atoms with Gasteiger partial charge >= 0.3 is 5.97 Å². The standard InChI is InChI=1S/C20H22N2O5S2/c1-4-27-20(24)15-5-7-16(8-6-15)21-29(25,26)17-9-10-18-19(11-17)28-13(2)12-22(18)14(3)23/h5-11,13,21H,4,12H2,1-3H3. The van der Waals surface area contributed by atoms with E-state index in [2.05, 4.69) is 4.72 Å². The van der Waals surface area contributed by atoms with E-state index in [-0.39, 0.29) is 22.7 Å². The molecule has 7 nitrogen and oxygen atoms in total. The second kappa shape index (κ2) is 8.46. The molecule has 1 N–H and O–H groups in total. The maximum Gasteiger partial charge on any atom is 0.338 e. The van der Waals surface area contributed by atoms with Crippen LogP contribution in [0.2, 0.25) is 0 Å². The summed E-state index contributed by atoms with van der Waals surface area (Å²) in [4.78, 5) is 26.1. The van der Waals surface area contributed by atoms with E-state index in [0.29, 0.717) is 17.8 Å². The van der Waals surface area contributed by atoms with E-state index < -0.39 is 16.0 Å². The third-order valence-corrected chi connectivity index (χ3v) is 6.84. The Labute approximate surface area is 174 Å². The normalized spacial score (nSPS) is 16.1. The fourth-order valence-corrected chi connectivity index (χ4v) is 5.30. The van der Waals surface area contributed by atoms with Crippen molar-refractivity contribution in [3.05, 3.63) is 48.0 Å². The Morgan fingerprint density at radius 2 is 1.90 bits per heavy atom. The summed E-state index contributed by atoms with van der Waals surface area (Å²) in [6.45, 7) is 6.06. The number of hydrogen-bond donors (Lipinski definition) is 1. The molecule has 0 aromatic heterocycles. The third kappa shape index (κ3) is 4.73. The number of thioether (sulfide) groups is 1. The van der Waals surface area contributed by atoms with Crippen LogP contribution in [0.4, 0.5) is 11.4 Å². The molecule has 1 amide bonds. The molecule has 1 aliphatic rings. The summed E-state index contributed by atoms with van der Waals surface area (Å²) in [6.07, 6.45) is 0. The zero-order chi connectivity index (χ0) is 21.2. The predicted molar refractivity (Wildman–Crippen MR) is 113 cm³/mol. The summed E-state index contributed by atoms with van der Waals surface area (Å²) in [5, 5.41) is 0.160. The SMILES string of the molecule is CCOC(=O)c1ccc(NS(=O)(=O)c2ccc3c(c2)SC(C)CN3C(C)=O)cc1. The fourth-order valence-electron chi connectivity index (χ4n) is 2.99. The Kier molecular flexibility index (Phi) is 6.18. The maximum absolute atomic E-state index is 12.8. The van der Waals surface area contributed by atoms with Crippen molar-refractivity contribution in [2.45, 2.75) is 35.8 Å². The molecule has 0 saturated carbocycles. The number of sulfonamides is 1. The zero-order valence-electron chi connectivity index (χ0n) is 16.3. The Bertz CT molecular complexity index is 1040. The van der Waals surface area contributed by atoms with Crippen molar-refractivity contribution in [2.75, 3.05) is 22.8 Å². The number of amides is 1. The minimum Gasteiger partial charge on any atom is -0.462 e. The highest BCUT2D eigenvalue weighted by Crippen LogP contribution is 2.39. The molecule has 1 atom stereocenters. The monoisotopic (exact) mass is 434 g/mol. The lowest BCUT2D eigenvalue weighted by Gasteiger charge is -2.32. The number of ether oxygens (including phenoxy) is 1. The van der Waals surface area contributed by atoms with E-state index in [0.717, 1.165) is 10.6 Å². The van der Waals surface area contributed by atoms with Crippen molar-refractivity contribution in [1.29, 1.82) is 0 Å². The summed E-state index contributed by atoms with van der Waals surface area (Å²) < 4.78 is 33.1. The van der Waals surface area contributed by atoms with Crippen LogP contribution in [0, 0.1) is 0 Å². The summed E-state index contributed by atoms with van der Waals surface area (Å²) in [5.41, 5.74) is 1.40. The number of carbonyl (C=O) groups is 2. The first kappa shape index (κ1) is 21.2. The van der Waals surface area contributed by atoms with Crippen molar-refractivity contribution in [3.8, 4) is 0 Å². The smallest absolute Gasteiger partial charge is 0.338 e. The molecule has 1 heterocycles. The van der Waals surface area contributed by atoms with E-state index in [1.54, 1.807) is 35.7 Å². The van der Waals surface area contributed by atoms with Gasteiger partial charge in [-0.2, -0.15) is 0 Å². The number of esters is 1. The Balaban J connectivity index is 1.84. The van der Waals surface area contributed by atoms with Gasteiger partial charge in [-0.05, 0) is 49.4 Å². The molecule has 3 rings (SSSR count). The average molecular weight is 435 g/mol. The van der Waals surface area contributed by atoms with Crippen molar-refractivity contribution in [1.82, 2.24) is 0 Å². The molecule has 2 aromatic carbocycles. The highest BCUT2D eigenvalue weighted by Gasteiger charge is 2.27. The van der Waals surface area contributed by atoms with Gasteiger partial charge in [-0.15, -0.1) is 11.8 Å². The predicted octanol–water partition coefficient (Wildman–Crippen LogP) is 3.51. The molecule has 0 radical (unpaired) electrons. The molecule has 9 heteroatoms. The van der Waals surface area contributed by atoms with Crippen molar-refractivity contribution >= 4 is 45.0 Å². The number of rotatable bonds is 5. The second-order valence-corrected chi connectivity index (χ2v) is 9.75. The fraction of sp³-hybridized carbons (Fsp3) is 0.300. The van der Waals surface area contributed by atoms with Gasteiger partial charge in [0.2, 0.25) is 5.91 Å². The van der Waals surface area contributed by atoms with E-state index >= 15 is 0 Å². The summed E-state index contributed by atoms with van der Waals surface area (Å²) in [5.74, 6) is -0.536. The van der Waals surface area contributed by atoms with E-state index in [1.807, 2.05) is 6.92 Å². The molecule has 1 aliphatic heterocycles. The number of nitrogens with zero attached hydrogens (tertiary/aromatic N) is 1. The number of benzene rings is 2. The first-order valence-corrected chi connectivity index (χ1v) is 11.5. The number of fused-ring (bicyclic) bond motifs is 1. The Morgan fingerprint density at radius 1 is 1.21 bits per heavy atom. The van der Waals surface area contributed by atoms with E-state index in [1.165, 1.54) is 37.3 Å². The molecule has 0 spiro atoms.